The van der Waals surface area contributed by atoms with Crippen molar-refractivity contribution >= 4 is 38.7 Å². The molecule has 0 radical (unpaired) electrons. The summed E-state index contributed by atoms with van der Waals surface area (Å²) in [6, 6.07) is 32.4. The van der Waals surface area contributed by atoms with Crippen LogP contribution >= 0.6 is 13.9 Å². The summed E-state index contributed by atoms with van der Waals surface area (Å²) < 4.78 is 4.22. The van der Waals surface area contributed by atoms with Crippen molar-refractivity contribution in [3.63, 3.8) is 0 Å². The molecule has 20 heavy (non-hydrogen) atoms. The second-order valence-electron chi connectivity index (χ2n) is 4.60. The van der Waals surface area contributed by atoms with Crippen LogP contribution in [-0.2, 0) is 0 Å². The van der Waals surface area contributed by atoms with Crippen LogP contribution in [0.5, 0.6) is 0 Å². The molecule has 0 unspecified atom stereocenters. The van der Waals surface area contributed by atoms with Crippen molar-refractivity contribution in [3.8, 4) is 0 Å². The van der Waals surface area contributed by atoms with Gasteiger partial charge in [-0.15, -0.1) is 0 Å². The topological polar surface area (TPSA) is 0 Å². The molecule has 0 saturated heterocycles. The first-order chi connectivity index (χ1) is 9.82. The van der Waals surface area contributed by atoms with Crippen LogP contribution in [0.3, 0.4) is 0 Å². The third-order valence-electron chi connectivity index (χ3n) is 3.34. The molecule has 0 aliphatic heterocycles. The molecular weight excluding hydrogens is 371 g/mol. The van der Waals surface area contributed by atoms with Gasteiger partial charge in [0.25, 0.3) is 0 Å². The van der Waals surface area contributed by atoms with Crippen LogP contribution in [0, 0.1) is 0 Å². The van der Waals surface area contributed by atoms with Crippen molar-refractivity contribution in [2.24, 2.45) is 0 Å². The Morgan fingerprint density at radius 3 is 0.950 bits per heavy atom. The van der Waals surface area contributed by atoms with Crippen molar-refractivity contribution < 1.29 is 0 Å². The summed E-state index contributed by atoms with van der Waals surface area (Å²) in [6.45, 7) is 0. The van der Waals surface area contributed by atoms with E-state index < -0.39 is 11.7 Å². The molecule has 0 fully saturated rings. The fraction of sp³-hybridized carbons (Fsp3) is 0. The third-order valence-corrected chi connectivity index (χ3v) is 16.1. The first kappa shape index (κ1) is 13.7. The van der Waals surface area contributed by atoms with Gasteiger partial charge in [0.05, 0.1) is 0 Å². The molecule has 0 aromatic heterocycles. The van der Waals surface area contributed by atoms with Crippen LogP contribution in [0.1, 0.15) is 0 Å². The van der Waals surface area contributed by atoms with Crippen LogP contribution in [0.2, 0.25) is 0 Å². The monoisotopic (exact) mass is 385 g/mol. The van der Waals surface area contributed by atoms with E-state index in [-0.39, 0.29) is 0 Å². The Labute approximate surface area is 129 Å². The van der Waals surface area contributed by atoms with Gasteiger partial charge in [0.2, 0.25) is 0 Å². The quantitative estimate of drug-likeness (QED) is 0.608. The van der Waals surface area contributed by atoms with E-state index in [9.17, 15) is 0 Å². The Hall–Kier alpha value is -1.30. The van der Waals surface area contributed by atoms with Gasteiger partial charge in [-0.1, -0.05) is 0 Å². The zero-order valence-electron chi connectivity index (χ0n) is 11.0. The maximum absolute atomic E-state index is 4.18. The summed E-state index contributed by atoms with van der Waals surface area (Å²) in [6.07, 6.45) is 0. The second kappa shape index (κ2) is 5.99. The second-order valence-corrected chi connectivity index (χ2v) is 15.8. The molecule has 0 nitrogen and oxygen atoms in total. The van der Waals surface area contributed by atoms with Gasteiger partial charge >= 0.3 is 130 Å². The van der Waals surface area contributed by atoms with Gasteiger partial charge in [0, 0.05) is 0 Å². The number of hydrogen-bond acceptors (Lipinski definition) is 0. The number of rotatable bonds is 3. The zero-order valence-corrected chi connectivity index (χ0v) is 14.4. The normalized spacial score (nSPS) is 11.2. The van der Waals surface area contributed by atoms with Crippen molar-refractivity contribution in [2.45, 2.75) is 0 Å². The summed E-state index contributed by atoms with van der Waals surface area (Å²) in [4.78, 5) is 0. The van der Waals surface area contributed by atoms with E-state index in [4.69, 9.17) is 0 Å². The summed E-state index contributed by atoms with van der Waals surface area (Å²) in [5.41, 5.74) is 0. The van der Waals surface area contributed by atoms with Gasteiger partial charge in [-0.3, -0.25) is 0 Å². The van der Waals surface area contributed by atoms with Crippen LogP contribution in [0.25, 0.3) is 0 Å². The van der Waals surface area contributed by atoms with E-state index in [1.807, 2.05) is 0 Å². The minimum absolute atomic E-state index is 1.41. The van der Waals surface area contributed by atoms with Crippen LogP contribution in [-0.4, -0.2) is 11.7 Å². The van der Waals surface area contributed by atoms with Crippen LogP contribution in [0.4, 0.5) is 0 Å². The summed E-state index contributed by atoms with van der Waals surface area (Å²) in [5, 5.41) is 0. The molecule has 3 aromatic carbocycles. The molecule has 0 heterocycles. The maximum atomic E-state index is 4.18. The van der Waals surface area contributed by atoms with E-state index in [1.165, 1.54) is 13.1 Å². The number of halogens is 1. The Kier molecular flexibility index (Phi) is 4.10. The third kappa shape index (κ3) is 2.48. The molecule has 0 N–H and O–H groups in total. The van der Waals surface area contributed by atoms with E-state index in [2.05, 4.69) is 105 Å². The van der Waals surface area contributed by atoms with Crippen LogP contribution < -0.4 is 13.1 Å². The fourth-order valence-electron chi connectivity index (χ4n) is 2.35. The summed E-state index contributed by atoms with van der Waals surface area (Å²) >= 11 is 1.70. The van der Waals surface area contributed by atoms with E-state index in [0.29, 0.717) is 0 Å². The summed E-state index contributed by atoms with van der Waals surface area (Å²) in [7, 11) is 0. The Morgan fingerprint density at radius 2 is 0.700 bits per heavy atom. The zero-order chi connectivity index (χ0) is 13.8. The predicted octanol–water partition coefficient (Wildman–Crippen LogP) is 3.05. The van der Waals surface area contributed by atoms with Gasteiger partial charge in [-0.05, 0) is 0 Å². The van der Waals surface area contributed by atoms with Gasteiger partial charge in [-0.2, -0.15) is 0 Å². The van der Waals surface area contributed by atoms with Gasteiger partial charge in [0.15, 0.2) is 0 Å². The fourth-order valence-corrected chi connectivity index (χ4v) is 11.6. The first-order valence-corrected chi connectivity index (χ1v) is 13.8. The molecule has 0 saturated carbocycles. The van der Waals surface area contributed by atoms with Gasteiger partial charge < -0.3 is 0 Å². The van der Waals surface area contributed by atoms with Gasteiger partial charge in [0.1, 0.15) is 0 Å². The van der Waals surface area contributed by atoms with Crippen molar-refractivity contribution in [3.05, 3.63) is 91.0 Å². The molecule has 0 aliphatic carbocycles. The summed E-state index contributed by atoms with van der Waals surface area (Å²) in [5.74, 6) is 0. The Balaban J connectivity index is 2.24. The standard InChI is InChI=1S/C18H15AsBr/c20-19(16-10-4-1-5-11-16,17-12-6-2-7-13-17)18-14-8-3-9-15-18/h1-15H/q+1. The van der Waals surface area contributed by atoms with Crippen molar-refractivity contribution in [1.29, 1.82) is 0 Å². The predicted molar refractivity (Wildman–Crippen MR) is 92.9 cm³/mol. The molecule has 0 aliphatic rings. The molecule has 98 valence electrons. The molecule has 0 atom stereocenters. The molecule has 0 bridgehead atoms. The first-order valence-electron chi connectivity index (χ1n) is 6.57. The van der Waals surface area contributed by atoms with E-state index in [1.54, 1.807) is 0 Å². The Morgan fingerprint density at radius 1 is 0.450 bits per heavy atom. The van der Waals surface area contributed by atoms with Crippen LogP contribution in [0.15, 0.2) is 91.0 Å². The number of benzene rings is 3. The molecule has 0 amide bonds. The molecule has 2 heteroatoms. The van der Waals surface area contributed by atoms with Crippen molar-refractivity contribution in [2.75, 3.05) is 0 Å². The average Bonchev–Trinajstić information content (AvgIpc) is 2.56. The van der Waals surface area contributed by atoms with E-state index in [0.717, 1.165) is 0 Å². The molecule has 0 spiro atoms. The van der Waals surface area contributed by atoms with Crippen molar-refractivity contribution in [1.82, 2.24) is 0 Å². The average molecular weight is 386 g/mol. The minimum atomic E-state index is -2.48. The molecule has 3 aromatic rings. The number of hydrogen-bond donors (Lipinski definition) is 0. The molecule has 3 rings (SSSR count). The van der Waals surface area contributed by atoms with Gasteiger partial charge in [-0.25, -0.2) is 0 Å². The SMILES string of the molecule is Br[As+](c1ccccc1)(c1ccccc1)c1ccccc1. The van der Waals surface area contributed by atoms with E-state index >= 15 is 0 Å². The molecular formula is C18H15AsBr+. The Bertz CT molecular complexity index is 569.